The average Bonchev–Trinajstić information content (AvgIpc) is 3.36. The number of anilines is 1. The van der Waals surface area contributed by atoms with E-state index in [-0.39, 0.29) is 17.6 Å². The fraction of sp³-hybridized carbons (Fsp3) is 0.615. The minimum absolute atomic E-state index is 0.00637. The Hall–Kier alpha value is -2.38. The average molecular weight is 452 g/mol. The summed E-state index contributed by atoms with van der Waals surface area (Å²) in [6, 6.07) is 8.85. The Labute approximate surface area is 197 Å². The van der Waals surface area contributed by atoms with Crippen LogP contribution in [0.1, 0.15) is 59.4 Å². The van der Waals surface area contributed by atoms with Gasteiger partial charge in [0.15, 0.2) is 0 Å². The van der Waals surface area contributed by atoms with E-state index in [0.717, 1.165) is 57.6 Å². The molecule has 1 aromatic carbocycles. The number of carbonyl (C=O) groups is 1. The summed E-state index contributed by atoms with van der Waals surface area (Å²) in [6.07, 6.45) is 6.81. The first kappa shape index (κ1) is 22.4. The summed E-state index contributed by atoms with van der Waals surface area (Å²) in [4.78, 5) is 17.4. The van der Waals surface area contributed by atoms with Gasteiger partial charge in [0.25, 0.3) is 5.91 Å². The lowest BCUT2D eigenvalue weighted by molar-refractivity contribution is -0.0764. The molecule has 178 valence electrons. The van der Waals surface area contributed by atoms with Gasteiger partial charge in [0, 0.05) is 52.5 Å². The normalized spacial score (nSPS) is 22.5. The first-order valence-corrected chi connectivity index (χ1v) is 12.4. The van der Waals surface area contributed by atoms with E-state index in [2.05, 4.69) is 45.5 Å². The molecule has 1 unspecified atom stereocenters. The zero-order valence-corrected chi connectivity index (χ0v) is 20.3. The maximum absolute atomic E-state index is 12.5. The lowest BCUT2D eigenvalue weighted by atomic mass is 9.88. The van der Waals surface area contributed by atoms with E-state index in [1.807, 2.05) is 13.0 Å². The van der Waals surface area contributed by atoms with Gasteiger partial charge in [-0.1, -0.05) is 12.1 Å². The standard InChI is InChI=1S/C26H37N5O2/c1-19-15-24(30(3)28-19)25(32)27-17-22-8-9-26(33-22)10-13-31(14-11-26)18-20-6-7-23-21(16-20)5-4-12-29(23)2/h6-7,15-16,22H,4-5,8-14,17-18H2,1-3H3,(H,27,32). The number of carbonyl (C=O) groups excluding carboxylic acids is 1. The molecule has 2 fully saturated rings. The van der Waals surface area contributed by atoms with E-state index in [0.29, 0.717) is 12.2 Å². The molecular weight excluding hydrogens is 414 g/mol. The van der Waals surface area contributed by atoms with E-state index < -0.39 is 0 Å². The van der Waals surface area contributed by atoms with Gasteiger partial charge in [0.1, 0.15) is 5.69 Å². The van der Waals surface area contributed by atoms with Crippen LogP contribution in [0.4, 0.5) is 5.69 Å². The second-order valence-electron chi connectivity index (χ2n) is 10.2. The molecule has 33 heavy (non-hydrogen) atoms. The van der Waals surface area contributed by atoms with Gasteiger partial charge in [-0.3, -0.25) is 14.4 Å². The summed E-state index contributed by atoms with van der Waals surface area (Å²) in [6.45, 7) is 6.80. The Bertz CT molecular complexity index is 1010. The molecule has 3 aliphatic rings. The topological polar surface area (TPSA) is 62.6 Å². The van der Waals surface area contributed by atoms with Crippen molar-refractivity contribution in [3.05, 3.63) is 46.8 Å². The molecule has 7 nitrogen and oxygen atoms in total. The summed E-state index contributed by atoms with van der Waals surface area (Å²) >= 11 is 0. The molecule has 7 heteroatoms. The third-order valence-electron chi connectivity index (χ3n) is 7.73. The largest absolute Gasteiger partial charge is 0.374 e. The monoisotopic (exact) mass is 451 g/mol. The van der Waals surface area contributed by atoms with Crippen molar-refractivity contribution < 1.29 is 9.53 Å². The maximum atomic E-state index is 12.5. The van der Waals surface area contributed by atoms with E-state index in [9.17, 15) is 4.79 Å². The maximum Gasteiger partial charge on any atom is 0.269 e. The smallest absolute Gasteiger partial charge is 0.269 e. The van der Waals surface area contributed by atoms with Gasteiger partial charge in [0.2, 0.25) is 0 Å². The summed E-state index contributed by atoms with van der Waals surface area (Å²) < 4.78 is 8.16. The number of ether oxygens (including phenoxy) is 1. The Morgan fingerprint density at radius 2 is 2.00 bits per heavy atom. The van der Waals surface area contributed by atoms with Gasteiger partial charge in [-0.05, 0) is 68.7 Å². The molecule has 5 rings (SSSR count). The number of amides is 1. The Morgan fingerprint density at radius 1 is 1.18 bits per heavy atom. The van der Waals surface area contributed by atoms with Crippen LogP contribution in [0.3, 0.4) is 0 Å². The van der Waals surface area contributed by atoms with Crippen LogP contribution in [-0.2, 0) is 24.8 Å². The van der Waals surface area contributed by atoms with Gasteiger partial charge < -0.3 is 15.0 Å². The van der Waals surface area contributed by atoms with Crippen LogP contribution in [0.15, 0.2) is 24.3 Å². The summed E-state index contributed by atoms with van der Waals surface area (Å²) in [7, 11) is 4.00. The summed E-state index contributed by atoms with van der Waals surface area (Å²) in [5.41, 5.74) is 5.78. The zero-order valence-electron chi connectivity index (χ0n) is 20.3. The third-order valence-corrected chi connectivity index (χ3v) is 7.73. The lowest BCUT2D eigenvalue weighted by Crippen LogP contribution is -2.45. The number of benzene rings is 1. The molecule has 1 amide bonds. The molecule has 0 saturated carbocycles. The molecule has 1 atom stereocenters. The second-order valence-corrected chi connectivity index (χ2v) is 10.2. The first-order valence-electron chi connectivity index (χ1n) is 12.4. The van der Waals surface area contributed by atoms with Crippen molar-refractivity contribution in [3.63, 3.8) is 0 Å². The van der Waals surface area contributed by atoms with Crippen molar-refractivity contribution >= 4 is 11.6 Å². The van der Waals surface area contributed by atoms with Crippen molar-refractivity contribution in [2.45, 2.75) is 63.7 Å². The van der Waals surface area contributed by atoms with Crippen LogP contribution in [0, 0.1) is 6.92 Å². The number of aromatic nitrogens is 2. The first-order chi connectivity index (χ1) is 15.9. The van der Waals surface area contributed by atoms with Crippen molar-refractivity contribution in [1.82, 2.24) is 20.0 Å². The SMILES string of the molecule is Cc1cc(C(=O)NCC2CCC3(CCN(Cc4ccc5c(c4)CCCN5C)CC3)O2)n(C)n1. The predicted octanol–water partition coefficient (Wildman–Crippen LogP) is 3.05. The number of hydrogen-bond donors (Lipinski definition) is 1. The molecule has 2 saturated heterocycles. The number of aryl methyl sites for hydroxylation is 3. The highest BCUT2D eigenvalue weighted by Crippen LogP contribution is 2.39. The Morgan fingerprint density at radius 3 is 2.76 bits per heavy atom. The molecule has 2 aromatic rings. The number of fused-ring (bicyclic) bond motifs is 1. The van der Waals surface area contributed by atoms with Gasteiger partial charge in [-0.15, -0.1) is 0 Å². The highest BCUT2D eigenvalue weighted by Gasteiger charge is 2.42. The molecular formula is C26H37N5O2. The van der Waals surface area contributed by atoms with Crippen molar-refractivity contribution in [2.75, 3.05) is 38.1 Å². The fourth-order valence-corrected chi connectivity index (χ4v) is 5.84. The zero-order chi connectivity index (χ0) is 23.0. The number of nitrogens with zero attached hydrogens (tertiary/aromatic N) is 4. The van der Waals surface area contributed by atoms with Crippen molar-refractivity contribution in [3.8, 4) is 0 Å². The molecule has 0 radical (unpaired) electrons. The third kappa shape index (κ3) is 4.80. The molecule has 1 spiro atoms. The van der Waals surface area contributed by atoms with Crippen LogP contribution in [0.2, 0.25) is 0 Å². The van der Waals surface area contributed by atoms with E-state index in [1.165, 1.54) is 29.7 Å². The minimum Gasteiger partial charge on any atom is -0.374 e. The summed E-state index contributed by atoms with van der Waals surface area (Å²) in [5, 5.41) is 7.31. The minimum atomic E-state index is -0.0753. The molecule has 0 aliphatic carbocycles. The number of piperidine rings is 1. The van der Waals surface area contributed by atoms with Crippen LogP contribution >= 0.6 is 0 Å². The molecule has 1 aromatic heterocycles. The number of likely N-dealkylation sites (tertiary alicyclic amines) is 1. The van der Waals surface area contributed by atoms with Gasteiger partial charge in [-0.25, -0.2) is 0 Å². The Kier molecular flexibility index (Phi) is 6.18. The second kappa shape index (κ2) is 9.11. The summed E-state index contributed by atoms with van der Waals surface area (Å²) in [5.74, 6) is -0.0753. The van der Waals surface area contributed by atoms with E-state index in [1.54, 1.807) is 11.7 Å². The van der Waals surface area contributed by atoms with E-state index in [4.69, 9.17) is 4.74 Å². The highest BCUT2D eigenvalue weighted by atomic mass is 16.5. The highest BCUT2D eigenvalue weighted by molar-refractivity contribution is 5.92. The van der Waals surface area contributed by atoms with Crippen molar-refractivity contribution in [2.24, 2.45) is 7.05 Å². The molecule has 0 bridgehead atoms. The van der Waals surface area contributed by atoms with Crippen LogP contribution < -0.4 is 10.2 Å². The van der Waals surface area contributed by atoms with E-state index >= 15 is 0 Å². The van der Waals surface area contributed by atoms with Gasteiger partial charge in [-0.2, -0.15) is 5.10 Å². The van der Waals surface area contributed by atoms with Crippen LogP contribution in [0.25, 0.3) is 0 Å². The number of hydrogen-bond acceptors (Lipinski definition) is 5. The van der Waals surface area contributed by atoms with Crippen LogP contribution in [-0.4, -0.2) is 65.5 Å². The lowest BCUT2D eigenvalue weighted by Gasteiger charge is -2.39. The number of nitrogens with one attached hydrogen (secondary N) is 1. The Balaban J connectivity index is 1.10. The van der Waals surface area contributed by atoms with Gasteiger partial charge >= 0.3 is 0 Å². The molecule has 3 aliphatic heterocycles. The molecule has 1 N–H and O–H groups in total. The fourth-order valence-electron chi connectivity index (χ4n) is 5.84. The van der Waals surface area contributed by atoms with Crippen LogP contribution in [0.5, 0.6) is 0 Å². The predicted molar refractivity (Wildman–Crippen MR) is 130 cm³/mol. The molecule has 4 heterocycles. The quantitative estimate of drug-likeness (QED) is 0.757. The number of rotatable bonds is 5. The van der Waals surface area contributed by atoms with Gasteiger partial charge in [0.05, 0.1) is 17.4 Å². The van der Waals surface area contributed by atoms with Crippen molar-refractivity contribution in [1.29, 1.82) is 0 Å².